The van der Waals surface area contributed by atoms with Crippen molar-refractivity contribution in [1.29, 1.82) is 0 Å². The van der Waals surface area contributed by atoms with E-state index in [1.165, 1.54) is 12.8 Å². The van der Waals surface area contributed by atoms with E-state index < -0.39 is 0 Å². The normalized spacial score (nSPS) is 11.4. The first-order chi connectivity index (χ1) is 14.1. The van der Waals surface area contributed by atoms with Gasteiger partial charge in [-0.1, -0.05) is 38.3 Å². The number of furan rings is 1. The van der Waals surface area contributed by atoms with Crippen molar-refractivity contribution in [3.8, 4) is 16.9 Å². The maximum absolute atomic E-state index is 12.5. The van der Waals surface area contributed by atoms with Gasteiger partial charge in [-0.25, -0.2) is 4.79 Å². The van der Waals surface area contributed by atoms with E-state index in [1.54, 1.807) is 13.4 Å². The van der Waals surface area contributed by atoms with Gasteiger partial charge in [-0.05, 0) is 49.1 Å². The molecule has 29 heavy (non-hydrogen) atoms. The number of unbranched alkanes of at least 4 members (excludes halogenated alkanes) is 3. The number of methoxy groups -OCH3 is 1. The molecule has 0 radical (unpaired) electrons. The van der Waals surface area contributed by atoms with Gasteiger partial charge >= 0.3 is 5.63 Å². The molecule has 0 spiro atoms. The van der Waals surface area contributed by atoms with Crippen molar-refractivity contribution in [2.45, 2.75) is 46.0 Å². The second-order valence-electron chi connectivity index (χ2n) is 7.53. The van der Waals surface area contributed by atoms with E-state index in [1.807, 2.05) is 37.3 Å². The fraction of sp³-hybridized carbons (Fsp3) is 0.320. The number of ether oxygens (including phenoxy) is 1. The molecule has 2 aromatic heterocycles. The van der Waals surface area contributed by atoms with E-state index in [4.69, 9.17) is 13.6 Å². The van der Waals surface area contributed by atoms with Crippen molar-refractivity contribution in [1.82, 2.24) is 0 Å². The Morgan fingerprint density at radius 2 is 1.86 bits per heavy atom. The molecule has 0 atom stereocenters. The summed E-state index contributed by atoms with van der Waals surface area (Å²) in [4.78, 5) is 12.5. The van der Waals surface area contributed by atoms with E-state index in [-0.39, 0.29) is 5.63 Å². The molecule has 0 N–H and O–H groups in total. The summed E-state index contributed by atoms with van der Waals surface area (Å²) in [6.07, 6.45) is 7.02. The number of aryl methyl sites for hydroxylation is 1. The zero-order valence-corrected chi connectivity index (χ0v) is 17.2. The zero-order chi connectivity index (χ0) is 20.4. The van der Waals surface area contributed by atoms with Crippen LogP contribution in [-0.4, -0.2) is 7.11 Å². The molecule has 0 unspecified atom stereocenters. The minimum absolute atomic E-state index is 0.231. The lowest BCUT2D eigenvalue weighted by Crippen LogP contribution is -2.10. The third-order valence-electron chi connectivity index (χ3n) is 5.64. The Bertz CT molecular complexity index is 1210. The molecule has 4 nitrogen and oxygen atoms in total. The Balaban J connectivity index is 1.82. The molecule has 4 heteroatoms. The second kappa shape index (κ2) is 8.16. The van der Waals surface area contributed by atoms with Gasteiger partial charge in [-0.2, -0.15) is 0 Å². The predicted octanol–water partition coefficient (Wildman–Crippen LogP) is 6.65. The lowest BCUT2D eigenvalue weighted by Gasteiger charge is -2.08. The molecule has 150 valence electrons. The van der Waals surface area contributed by atoms with Crippen LogP contribution in [0.3, 0.4) is 0 Å². The molecule has 0 saturated carbocycles. The van der Waals surface area contributed by atoms with Crippen molar-refractivity contribution in [2.75, 3.05) is 7.11 Å². The van der Waals surface area contributed by atoms with Crippen LogP contribution in [-0.2, 0) is 6.42 Å². The Labute approximate surface area is 170 Å². The van der Waals surface area contributed by atoms with Gasteiger partial charge in [-0.3, -0.25) is 0 Å². The summed E-state index contributed by atoms with van der Waals surface area (Å²) in [5.41, 5.74) is 4.86. The standard InChI is InChI=1S/C25H26O4/c1-4-5-6-7-11-19-16(2)20-13-21-22(17-9-8-10-18(12-17)27-3)15-28-23(21)14-24(20)29-25(19)26/h8-10,12-15H,4-7,11H2,1-3H3. The van der Waals surface area contributed by atoms with Crippen LogP contribution in [0, 0.1) is 6.92 Å². The lowest BCUT2D eigenvalue weighted by atomic mass is 9.98. The van der Waals surface area contributed by atoms with Crippen LogP contribution in [0.2, 0.25) is 0 Å². The van der Waals surface area contributed by atoms with E-state index in [0.29, 0.717) is 11.2 Å². The van der Waals surface area contributed by atoms with Gasteiger partial charge in [0.2, 0.25) is 0 Å². The smallest absolute Gasteiger partial charge is 0.339 e. The van der Waals surface area contributed by atoms with Crippen LogP contribution < -0.4 is 10.4 Å². The number of hydrogen-bond donors (Lipinski definition) is 0. The SMILES string of the molecule is CCCCCCc1c(C)c2cc3c(-c4cccc(OC)c4)coc3cc2oc1=O. The topological polar surface area (TPSA) is 52.6 Å². The van der Waals surface area contributed by atoms with Crippen molar-refractivity contribution in [3.05, 3.63) is 64.2 Å². The Hall–Kier alpha value is -3.01. The maximum atomic E-state index is 12.5. The Kier molecular flexibility index (Phi) is 5.43. The summed E-state index contributed by atoms with van der Waals surface area (Å²) >= 11 is 0. The summed E-state index contributed by atoms with van der Waals surface area (Å²) in [7, 11) is 1.66. The first-order valence-corrected chi connectivity index (χ1v) is 10.2. The molecule has 0 aliphatic carbocycles. The number of benzene rings is 2. The monoisotopic (exact) mass is 390 g/mol. The quantitative estimate of drug-likeness (QED) is 0.262. The molecule has 0 aliphatic rings. The molecule has 0 saturated heterocycles. The van der Waals surface area contributed by atoms with Crippen molar-refractivity contribution < 1.29 is 13.6 Å². The molecule has 4 aromatic rings. The number of hydrogen-bond acceptors (Lipinski definition) is 4. The average Bonchev–Trinajstić information content (AvgIpc) is 3.15. The summed E-state index contributed by atoms with van der Waals surface area (Å²) in [6.45, 7) is 4.21. The molecule has 0 amide bonds. The van der Waals surface area contributed by atoms with E-state index in [2.05, 4.69) is 13.0 Å². The summed E-state index contributed by atoms with van der Waals surface area (Å²) < 4.78 is 16.8. The fourth-order valence-corrected chi connectivity index (χ4v) is 3.94. The Morgan fingerprint density at radius 3 is 2.66 bits per heavy atom. The van der Waals surface area contributed by atoms with Crippen LogP contribution in [0.25, 0.3) is 33.1 Å². The highest BCUT2D eigenvalue weighted by Gasteiger charge is 2.16. The van der Waals surface area contributed by atoms with Gasteiger partial charge in [-0.15, -0.1) is 0 Å². The molecule has 0 fully saturated rings. The van der Waals surface area contributed by atoms with Gasteiger partial charge < -0.3 is 13.6 Å². The molecule has 0 aliphatic heterocycles. The van der Waals surface area contributed by atoms with Gasteiger partial charge in [0, 0.05) is 28.0 Å². The van der Waals surface area contributed by atoms with Gasteiger partial charge in [0.05, 0.1) is 13.4 Å². The Morgan fingerprint density at radius 1 is 1.00 bits per heavy atom. The molecule has 4 rings (SSSR count). The van der Waals surface area contributed by atoms with Gasteiger partial charge in [0.25, 0.3) is 0 Å². The molecular weight excluding hydrogens is 364 g/mol. The first-order valence-electron chi connectivity index (χ1n) is 10.2. The highest BCUT2D eigenvalue weighted by atomic mass is 16.5. The highest BCUT2D eigenvalue weighted by molar-refractivity contribution is 6.02. The van der Waals surface area contributed by atoms with E-state index >= 15 is 0 Å². The second-order valence-corrected chi connectivity index (χ2v) is 7.53. The lowest BCUT2D eigenvalue weighted by molar-refractivity contribution is 0.415. The third kappa shape index (κ3) is 3.67. The largest absolute Gasteiger partial charge is 0.497 e. The van der Waals surface area contributed by atoms with Crippen LogP contribution in [0.5, 0.6) is 5.75 Å². The van der Waals surface area contributed by atoms with Gasteiger partial charge in [0.15, 0.2) is 0 Å². The zero-order valence-electron chi connectivity index (χ0n) is 17.2. The highest BCUT2D eigenvalue weighted by Crippen LogP contribution is 2.35. The van der Waals surface area contributed by atoms with Crippen LogP contribution in [0.4, 0.5) is 0 Å². The fourth-order valence-electron chi connectivity index (χ4n) is 3.94. The minimum Gasteiger partial charge on any atom is -0.497 e. The van der Waals surface area contributed by atoms with E-state index in [9.17, 15) is 4.79 Å². The molecule has 2 heterocycles. The summed E-state index contributed by atoms with van der Waals surface area (Å²) in [6, 6.07) is 11.8. The van der Waals surface area contributed by atoms with Crippen molar-refractivity contribution >= 4 is 21.9 Å². The molecular formula is C25H26O4. The summed E-state index contributed by atoms with van der Waals surface area (Å²) in [5.74, 6) is 0.800. The number of rotatable bonds is 7. The van der Waals surface area contributed by atoms with Crippen LogP contribution in [0.1, 0.15) is 43.7 Å². The van der Waals surface area contributed by atoms with Crippen LogP contribution in [0.15, 0.2) is 56.3 Å². The van der Waals surface area contributed by atoms with Crippen LogP contribution >= 0.6 is 0 Å². The first kappa shape index (κ1) is 19.3. The average molecular weight is 390 g/mol. The summed E-state index contributed by atoms with van der Waals surface area (Å²) in [5, 5.41) is 1.97. The predicted molar refractivity (Wildman–Crippen MR) is 117 cm³/mol. The molecule has 2 aromatic carbocycles. The van der Waals surface area contributed by atoms with Gasteiger partial charge in [0.1, 0.15) is 16.9 Å². The number of fused-ring (bicyclic) bond motifs is 2. The van der Waals surface area contributed by atoms with Crippen molar-refractivity contribution in [3.63, 3.8) is 0 Å². The minimum atomic E-state index is -0.231. The van der Waals surface area contributed by atoms with Crippen molar-refractivity contribution in [2.24, 2.45) is 0 Å². The van der Waals surface area contributed by atoms with E-state index in [0.717, 1.165) is 58.0 Å². The maximum Gasteiger partial charge on any atom is 0.339 e. The third-order valence-corrected chi connectivity index (χ3v) is 5.64. The molecule has 0 bridgehead atoms.